The summed E-state index contributed by atoms with van der Waals surface area (Å²) in [6.45, 7) is 8.81. The SMILES string of the molecule is CC(NC1CCN(C(=O)OC(C)(C)C)CC1)C(=O)N(C)C. The van der Waals surface area contributed by atoms with Gasteiger partial charge in [-0.1, -0.05) is 0 Å². The van der Waals surface area contributed by atoms with Crippen molar-refractivity contribution in [2.45, 2.75) is 58.2 Å². The van der Waals surface area contributed by atoms with Crippen molar-refractivity contribution in [3.05, 3.63) is 0 Å². The van der Waals surface area contributed by atoms with Gasteiger partial charge in [-0.2, -0.15) is 0 Å². The third kappa shape index (κ3) is 5.91. The van der Waals surface area contributed by atoms with Crippen LogP contribution in [0.1, 0.15) is 40.5 Å². The maximum Gasteiger partial charge on any atom is 0.410 e. The smallest absolute Gasteiger partial charge is 0.410 e. The molecule has 0 radical (unpaired) electrons. The van der Waals surface area contributed by atoms with Crippen LogP contribution in [0.25, 0.3) is 0 Å². The zero-order valence-corrected chi connectivity index (χ0v) is 14.1. The van der Waals surface area contributed by atoms with Crippen LogP contribution < -0.4 is 5.32 Å². The predicted octanol–water partition coefficient (Wildman–Crippen LogP) is 1.45. The number of likely N-dealkylation sites (N-methyl/N-ethyl adjacent to an activating group) is 1. The van der Waals surface area contributed by atoms with Crippen LogP contribution in [0.2, 0.25) is 0 Å². The van der Waals surface area contributed by atoms with E-state index in [4.69, 9.17) is 4.74 Å². The standard InChI is InChI=1S/C15H29N3O3/c1-11(13(19)17(5)6)16-12-7-9-18(10-8-12)14(20)21-15(2,3)4/h11-12,16H,7-10H2,1-6H3. The first kappa shape index (κ1) is 17.8. The predicted molar refractivity (Wildman–Crippen MR) is 82.1 cm³/mol. The molecule has 0 bridgehead atoms. The third-order valence-corrected chi connectivity index (χ3v) is 3.44. The highest BCUT2D eigenvalue weighted by Crippen LogP contribution is 2.15. The van der Waals surface area contributed by atoms with Crippen LogP contribution in [0.5, 0.6) is 0 Å². The lowest BCUT2D eigenvalue weighted by atomic mass is 10.0. The van der Waals surface area contributed by atoms with Gasteiger partial charge in [0.2, 0.25) is 5.91 Å². The van der Waals surface area contributed by atoms with Crippen molar-refractivity contribution in [2.24, 2.45) is 0 Å². The molecular weight excluding hydrogens is 270 g/mol. The monoisotopic (exact) mass is 299 g/mol. The van der Waals surface area contributed by atoms with Gasteiger partial charge in [-0.05, 0) is 40.5 Å². The zero-order valence-electron chi connectivity index (χ0n) is 14.1. The van der Waals surface area contributed by atoms with Crippen molar-refractivity contribution in [3.8, 4) is 0 Å². The molecule has 1 heterocycles. The fraction of sp³-hybridized carbons (Fsp3) is 0.867. The van der Waals surface area contributed by atoms with Gasteiger partial charge in [-0.3, -0.25) is 4.79 Å². The average Bonchev–Trinajstić information content (AvgIpc) is 2.36. The van der Waals surface area contributed by atoms with Crippen molar-refractivity contribution in [1.82, 2.24) is 15.1 Å². The first-order valence-corrected chi connectivity index (χ1v) is 7.55. The fourth-order valence-electron chi connectivity index (χ4n) is 2.37. The van der Waals surface area contributed by atoms with Gasteiger partial charge >= 0.3 is 6.09 Å². The minimum Gasteiger partial charge on any atom is -0.444 e. The highest BCUT2D eigenvalue weighted by molar-refractivity contribution is 5.80. The highest BCUT2D eigenvalue weighted by atomic mass is 16.6. The number of amides is 2. The molecule has 1 N–H and O–H groups in total. The molecule has 6 heteroatoms. The molecule has 1 aliphatic rings. The summed E-state index contributed by atoms with van der Waals surface area (Å²) >= 11 is 0. The van der Waals surface area contributed by atoms with E-state index in [-0.39, 0.29) is 24.1 Å². The van der Waals surface area contributed by atoms with Crippen molar-refractivity contribution < 1.29 is 14.3 Å². The summed E-state index contributed by atoms with van der Waals surface area (Å²) in [4.78, 5) is 27.1. The summed E-state index contributed by atoms with van der Waals surface area (Å²) in [5.41, 5.74) is -0.459. The summed E-state index contributed by atoms with van der Waals surface area (Å²) in [5, 5.41) is 3.34. The maximum absolute atomic E-state index is 12.0. The van der Waals surface area contributed by atoms with E-state index in [1.165, 1.54) is 0 Å². The Labute approximate surface area is 127 Å². The Hall–Kier alpha value is -1.30. The van der Waals surface area contributed by atoms with Crippen molar-refractivity contribution in [3.63, 3.8) is 0 Å². The van der Waals surface area contributed by atoms with Gasteiger partial charge in [0.15, 0.2) is 0 Å². The molecule has 0 aromatic heterocycles. The number of hydrogen-bond acceptors (Lipinski definition) is 4. The lowest BCUT2D eigenvalue weighted by Gasteiger charge is -2.35. The second kappa shape index (κ2) is 7.11. The third-order valence-electron chi connectivity index (χ3n) is 3.44. The van der Waals surface area contributed by atoms with Gasteiger partial charge in [0, 0.05) is 33.2 Å². The van der Waals surface area contributed by atoms with E-state index >= 15 is 0 Å². The number of carbonyl (C=O) groups is 2. The molecular formula is C15H29N3O3. The molecule has 0 saturated carbocycles. The molecule has 6 nitrogen and oxygen atoms in total. The highest BCUT2D eigenvalue weighted by Gasteiger charge is 2.28. The molecule has 1 rings (SSSR count). The Balaban J connectivity index is 2.39. The number of ether oxygens (including phenoxy) is 1. The van der Waals surface area contributed by atoms with Crippen molar-refractivity contribution in [1.29, 1.82) is 0 Å². The van der Waals surface area contributed by atoms with Crippen LogP contribution in [-0.4, -0.2) is 66.7 Å². The molecule has 2 amide bonds. The van der Waals surface area contributed by atoms with Crippen molar-refractivity contribution in [2.75, 3.05) is 27.2 Å². The van der Waals surface area contributed by atoms with Crippen LogP contribution >= 0.6 is 0 Å². The van der Waals surface area contributed by atoms with Crippen LogP contribution in [-0.2, 0) is 9.53 Å². The quantitative estimate of drug-likeness (QED) is 0.857. The second-order valence-corrected chi connectivity index (χ2v) is 6.86. The summed E-state index contributed by atoms with van der Waals surface area (Å²) in [6, 6.07) is 0.0701. The second-order valence-electron chi connectivity index (χ2n) is 6.86. The minimum absolute atomic E-state index is 0.0737. The Morgan fingerprint density at radius 3 is 2.19 bits per heavy atom. The number of hydrogen-bond donors (Lipinski definition) is 1. The lowest BCUT2D eigenvalue weighted by molar-refractivity contribution is -0.130. The molecule has 1 atom stereocenters. The largest absolute Gasteiger partial charge is 0.444 e. The van der Waals surface area contributed by atoms with Gasteiger partial charge in [0.05, 0.1) is 6.04 Å². The molecule has 1 fully saturated rings. The molecule has 1 unspecified atom stereocenters. The Morgan fingerprint density at radius 1 is 1.24 bits per heavy atom. The van der Waals surface area contributed by atoms with Gasteiger partial charge in [0.25, 0.3) is 0 Å². The minimum atomic E-state index is -0.459. The van der Waals surface area contributed by atoms with E-state index in [0.29, 0.717) is 13.1 Å². The topological polar surface area (TPSA) is 61.9 Å². The van der Waals surface area contributed by atoms with Gasteiger partial charge < -0.3 is 19.9 Å². The number of nitrogens with zero attached hydrogens (tertiary/aromatic N) is 2. The summed E-state index contributed by atoms with van der Waals surface area (Å²) in [7, 11) is 3.51. The molecule has 1 aliphatic heterocycles. The van der Waals surface area contributed by atoms with Crippen LogP contribution in [0.4, 0.5) is 4.79 Å². The molecule has 0 aromatic rings. The summed E-state index contributed by atoms with van der Waals surface area (Å²) in [5.74, 6) is 0.0737. The van der Waals surface area contributed by atoms with Crippen LogP contribution in [0, 0.1) is 0 Å². The van der Waals surface area contributed by atoms with E-state index in [2.05, 4.69) is 5.32 Å². The number of nitrogens with one attached hydrogen (secondary N) is 1. The first-order valence-electron chi connectivity index (χ1n) is 7.55. The molecule has 0 aliphatic carbocycles. The number of carbonyl (C=O) groups excluding carboxylic acids is 2. The van der Waals surface area contributed by atoms with Crippen LogP contribution in [0.3, 0.4) is 0 Å². The number of piperidine rings is 1. The fourth-order valence-corrected chi connectivity index (χ4v) is 2.37. The number of likely N-dealkylation sites (tertiary alicyclic amines) is 1. The van der Waals surface area contributed by atoms with E-state index in [1.807, 2.05) is 27.7 Å². The van der Waals surface area contributed by atoms with Crippen molar-refractivity contribution >= 4 is 12.0 Å². The van der Waals surface area contributed by atoms with Gasteiger partial charge in [-0.25, -0.2) is 4.79 Å². The maximum atomic E-state index is 12.0. The molecule has 0 aromatic carbocycles. The average molecular weight is 299 g/mol. The van der Waals surface area contributed by atoms with Crippen LogP contribution in [0.15, 0.2) is 0 Å². The van der Waals surface area contributed by atoms with Gasteiger partial charge in [-0.15, -0.1) is 0 Å². The molecule has 21 heavy (non-hydrogen) atoms. The summed E-state index contributed by atoms with van der Waals surface area (Å²) < 4.78 is 5.37. The van der Waals surface area contributed by atoms with E-state index in [0.717, 1.165) is 12.8 Å². The number of rotatable bonds is 3. The van der Waals surface area contributed by atoms with E-state index in [1.54, 1.807) is 23.9 Å². The Bertz CT molecular complexity index is 369. The Kier molecular flexibility index (Phi) is 6.01. The Morgan fingerprint density at radius 2 is 1.76 bits per heavy atom. The normalized spacial score (nSPS) is 18.3. The van der Waals surface area contributed by atoms with Gasteiger partial charge in [0.1, 0.15) is 5.60 Å². The van der Waals surface area contributed by atoms with E-state index in [9.17, 15) is 9.59 Å². The molecule has 1 saturated heterocycles. The first-order chi connectivity index (χ1) is 9.60. The molecule has 122 valence electrons. The summed E-state index contributed by atoms with van der Waals surface area (Å²) in [6.07, 6.45) is 1.42. The lowest BCUT2D eigenvalue weighted by Crippen LogP contribution is -2.51. The molecule has 0 spiro atoms. The van der Waals surface area contributed by atoms with E-state index < -0.39 is 5.60 Å². The zero-order chi connectivity index (χ0) is 16.2.